The summed E-state index contributed by atoms with van der Waals surface area (Å²) in [5, 5.41) is 2.64. The standard InChI is InChI=1S/C11H23N3O2S/c1-5-14(3)11(16)8(2)13-10(15)9(12)6-7-17-4/h8-9H,5-7,12H2,1-4H3,(H,13,15)/t8?,9-/m0/s1. The van der Waals surface area contributed by atoms with Gasteiger partial charge >= 0.3 is 0 Å². The number of rotatable bonds is 7. The van der Waals surface area contributed by atoms with Gasteiger partial charge in [0.15, 0.2) is 0 Å². The number of nitrogens with two attached hydrogens (primary N) is 1. The van der Waals surface area contributed by atoms with Crippen molar-refractivity contribution in [2.45, 2.75) is 32.4 Å². The summed E-state index contributed by atoms with van der Waals surface area (Å²) < 4.78 is 0. The van der Waals surface area contributed by atoms with Crippen LogP contribution in [0.1, 0.15) is 20.3 Å². The van der Waals surface area contributed by atoms with E-state index in [4.69, 9.17) is 5.73 Å². The Morgan fingerprint density at radius 2 is 2.06 bits per heavy atom. The topological polar surface area (TPSA) is 75.4 Å². The van der Waals surface area contributed by atoms with Gasteiger partial charge in [-0.1, -0.05) is 0 Å². The largest absolute Gasteiger partial charge is 0.344 e. The smallest absolute Gasteiger partial charge is 0.244 e. The van der Waals surface area contributed by atoms with E-state index in [2.05, 4.69) is 5.32 Å². The molecule has 1 unspecified atom stereocenters. The average molecular weight is 261 g/mol. The number of amides is 2. The molecule has 0 heterocycles. The minimum absolute atomic E-state index is 0.0992. The van der Waals surface area contributed by atoms with Crippen LogP contribution in [-0.4, -0.2) is 54.4 Å². The van der Waals surface area contributed by atoms with Crippen molar-refractivity contribution in [3.05, 3.63) is 0 Å². The van der Waals surface area contributed by atoms with E-state index in [1.54, 1.807) is 30.6 Å². The summed E-state index contributed by atoms with van der Waals surface area (Å²) in [5.74, 6) is 0.480. The summed E-state index contributed by atoms with van der Waals surface area (Å²) in [5.41, 5.74) is 5.71. The predicted octanol–water partition coefficient (Wildman–Crippen LogP) is 0.0498. The van der Waals surface area contributed by atoms with E-state index in [-0.39, 0.29) is 11.8 Å². The van der Waals surface area contributed by atoms with Crippen LogP contribution < -0.4 is 11.1 Å². The van der Waals surface area contributed by atoms with Gasteiger partial charge in [-0.15, -0.1) is 0 Å². The summed E-state index contributed by atoms with van der Waals surface area (Å²) in [6.07, 6.45) is 2.59. The second-order valence-corrected chi connectivity index (χ2v) is 4.96. The molecule has 0 aliphatic heterocycles. The first-order chi connectivity index (χ1) is 7.93. The van der Waals surface area contributed by atoms with Crippen LogP contribution >= 0.6 is 11.8 Å². The lowest BCUT2D eigenvalue weighted by Crippen LogP contribution is -2.50. The highest BCUT2D eigenvalue weighted by Gasteiger charge is 2.21. The van der Waals surface area contributed by atoms with Crippen molar-refractivity contribution in [2.75, 3.05) is 25.6 Å². The molecule has 0 aliphatic carbocycles. The Labute approximate surface area is 107 Å². The molecule has 17 heavy (non-hydrogen) atoms. The second-order valence-electron chi connectivity index (χ2n) is 3.97. The molecule has 5 nitrogen and oxygen atoms in total. The molecule has 0 rings (SSSR count). The van der Waals surface area contributed by atoms with Gasteiger partial charge in [0.05, 0.1) is 6.04 Å². The molecule has 0 aromatic carbocycles. The summed E-state index contributed by atoms with van der Waals surface area (Å²) in [6.45, 7) is 4.18. The Hall–Kier alpha value is -0.750. The van der Waals surface area contributed by atoms with Crippen LogP contribution in [0.25, 0.3) is 0 Å². The Kier molecular flexibility index (Phi) is 7.99. The fourth-order valence-corrected chi connectivity index (χ4v) is 1.73. The van der Waals surface area contributed by atoms with Crippen LogP contribution in [0.3, 0.4) is 0 Å². The predicted molar refractivity (Wildman–Crippen MR) is 71.9 cm³/mol. The van der Waals surface area contributed by atoms with E-state index < -0.39 is 12.1 Å². The van der Waals surface area contributed by atoms with Gasteiger partial charge in [-0.05, 0) is 32.3 Å². The summed E-state index contributed by atoms with van der Waals surface area (Å²) in [7, 11) is 1.71. The number of carbonyl (C=O) groups is 2. The third-order valence-corrected chi connectivity index (χ3v) is 3.19. The lowest BCUT2D eigenvalue weighted by Gasteiger charge is -2.21. The first-order valence-corrected chi connectivity index (χ1v) is 7.13. The van der Waals surface area contributed by atoms with Gasteiger partial charge in [0.2, 0.25) is 11.8 Å². The first-order valence-electron chi connectivity index (χ1n) is 5.73. The lowest BCUT2D eigenvalue weighted by atomic mass is 10.2. The Bertz CT molecular complexity index is 261. The van der Waals surface area contributed by atoms with Gasteiger partial charge in [-0.2, -0.15) is 11.8 Å². The maximum absolute atomic E-state index is 11.7. The fraction of sp³-hybridized carbons (Fsp3) is 0.818. The van der Waals surface area contributed by atoms with Gasteiger partial charge < -0.3 is 16.0 Å². The molecular weight excluding hydrogens is 238 g/mol. The van der Waals surface area contributed by atoms with Crippen molar-refractivity contribution < 1.29 is 9.59 Å². The van der Waals surface area contributed by atoms with Crippen molar-refractivity contribution in [1.29, 1.82) is 0 Å². The van der Waals surface area contributed by atoms with Crippen LogP contribution in [0.5, 0.6) is 0 Å². The molecule has 0 fully saturated rings. The molecule has 0 radical (unpaired) electrons. The molecule has 6 heteroatoms. The quantitative estimate of drug-likeness (QED) is 0.679. The monoisotopic (exact) mass is 261 g/mol. The van der Waals surface area contributed by atoms with Crippen molar-refractivity contribution in [1.82, 2.24) is 10.2 Å². The van der Waals surface area contributed by atoms with Crippen LogP contribution in [0, 0.1) is 0 Å². The zero-order chi connectivity index (χ0) is 13.4. The van der Waals surface area contributed by atoms with Crippen LogP contribution in [-0.2, 0) is 9.59 Å². The zero-order valence-electron chi connectivity index (χ0n) is 11.0. The Morgan fingerprint density at radius 3 is 2.53 bits per heavy atom. The normalized spacial score (nSPS) is 13.9. The molecular formula is C11H23N3O2S. The molecule has 3 N–H and O–H groups in total. The molecule has 0 aliphatic rings. The number of nitrogens with one attached hydrogen (secondary N) is 1. The molecule has 2 amide bonds. The highest BCUT2D eigenvalue weighted by atomic mass is 32.2. The maximum atomic E-state index is 11.7. The number of hydrogen-bond acceptors (Lipinski definition) is 4. The SMILES string of the molecule is CCN(C)C(=O)C(C)NC(=O)[C@@H](N)CCSC. The first kappa shape index (κ1) is 16.2. The molecule has 100 valence electrons. The van der Waals surface area contributed by atoms with Crippen molar-refractivity contribution >= 4 is 23.6 Å². The third kappa shape index (κ3) is 5.93. The fourth-order valence-electron chi connectivity index (χ4n) is 1.24. The minimum atomic E-state index is -0.537. The van der Waals surface area contributed by atoms with Crippen molar-refractivity contribution in [2.24, 2.45) is 5.73 Å². The van der Waals surface area contributed by atoms with E-state index in [9.17, 15) is 9.59 Å². The van der Waals surface area contributed by atoms with E-state index in [0.29, 0.717) is 13.0 Å². The number of likely N-dealkylation sites (N-methyl/N-ethyl adjacent to an activating group) is 1. The number of hydrogen-bond donors (Lipinski definition) is 2. The Morgan fingerprint density at radius 1 is 1.47 bits per heavy atom. The highest BCUT2D eigenvalue weighted by molar-refractivity contribution is 7.98. The van der Waals surface area contributed by atoms with Gasteiger partial charge in [0.25, 0.3) is 0 Å². The van der Waals surface area contributed by atoms with E-state index in [1.165, 1.54) is 0 Å². The lowest BCUT2D eigenvalue weighted by molar-refractivity contribution is -0.135. The summed E-state index contributed by atoms with van der Waals surface area (Å²) in [6, 6.07) is -1.06. The molecule has 0 saturated carbocycles. The number of thioether (sulfide) groups is 1. The summed E-state index contributed by atoms with van der Waals surface area (Å²) >= 11 is 1.65. The van der Waals surface area contributed by atoms with Gasteiger partial charge in [0.1, 0.15) is 6.04 Å². The van der Waals surface area contributed by atoms with Crippen LogP contribution in [0.2, 0.25) is 0 Å². The van der Waals surface area contributed by atoms with Gasteiger partial charge in [-0.3, -0.25) is 9.59 Å². The summed E-state index contributed by atoms with van der Waals surface area (Å²) in [4.78, 5) is 24.9. The molecule has 2 atom stereocenters. The van der Waals surface area contributed by atoms with Crippen LogP contribution in [0.15, 0.2) is 0 Å². The molecule has 0 aromatic rings. The van der Waals surface area contributed by atoms with Gasteiger partial charge in [-0.25, -0.2) is 0 Å². The van der Waals surface area contributed by atoms with E-state index >= 15 is 0 Å². The zero-order valence-corrected chi connectivity index (χ0v) is 11.8. The molecule has 0 bridgehead atoms. The number of carbonyl (C=O) groups excluding carboxylic acids is 2. The van der Waals surface area contributed by atoms with E-state index in [1.807, 2.05) is 13.2 Å². The van der Waals surface area contributed by atoms with Gasteiger partial charge in [0, 0.05) is 13.6 Å². The number of nitrogens with zero attached hydrogens (tertiary/aromatic N) is 1. The Balaban J connectivity index is 4.14. The molecule has 0 spiro atoms. The highest BCUT2D eigenvalue weighted by Crippen LogP contribution is 1.99. The molecule has 0 aromatic heterocycles. The van der Waals surface area contributed by atoms with Crippen LogP contribution in [0.4, 0.5) is 0 Å². The van der Waals surface area contributed by atoms with Crippen molar-refractivity contribution in [3.63, 3.8) is 0 Å². The minimum Gasteiger partial charge on any atom is -0.344 e. The average Bonchev–Trinajstić information content (AvgIpc) is 2.33. The van der Waals surface area contributed by atoms with E-state index in [0.717, 1.165) is 5.75 Å². The third-order valence-electron chi connectivity index (χ3n) is 2.55. The second kappa shape index (κ2) is 8.36. The maximum Gasteiger partial charge on any atom is 0.244 e. The molecule has 0 saturated heterocycles. The van der Waals surface area contributed by atoms with Crippen molar-refractivity contribution in [3.8, 4) is 0 Å².